The van der Waals surface area contributed by atoms with Gasteiger partial charge in [-0.1, -0.05) is 19.1 Å². The van der Waals surface area contributed by atoms with E-state index < -0.39 is 23.2 Å². The number of benzene rings is 1. The summed E-state index contributed by atoms with van der Waals surface area (Å²) in [7, 11) is 0. The molecule has 0 aliphatic carbocycles. The van der Waals surface area contributed by atoms with Crippen molar-refractivity contribution >= 4 is 33.2 Å². The lowest BCUT2D eigenvalue weighted by atomic mass is 10.2. The maximum absolute atomic E-state index is 11.6. The summed E-state index contributed by atoms with van der Waals surface area (Å²) in [5.41, 5.74) is 0. The van der Waals surface area contributed by atoms with Gasteiger partial charge in [0.2, 0.25) is 11.3 Å². The normalized spacial score (nSPS) is 14.1. The maximum atomic E-state index is 11.6. The summed E-state index contributed by atoms with van der Waals surface area (Å²) in [6, 6.07) is 6.97. The number of halogens is 1. The molecule has 1 aromatic carbocycles. The van der Waals surface area contributed by atoms with E-state index in [0.29, 0.717) is 10.2 Å². The van der Waals surface area contributed by atoms with Crippen molar-refractivity contribution in [2.75, 3.05) is 6.54 Å². The molecule has 7 heteroatoms. The van der Waals surface area contributed by atoms with E-state index in [1.54, 1.807) is 31.2 Å². The highest BCUT2D eigenvalue weighted by Crippen LogP contribution is 2.24. The topological polar surface area (TPSA) is 75.6 Å². The van der Waals surface area contributed by atoms with E-state index in [1.807, 2.05) is 0 Å². The first-order valence-corrected chi connectivity index (χ1v) is 6.71. The molecule has 0 aromatic heterocycles. The zero-order chi connectivity index (χ0) is 12.8. The van der Waals surface area contributed by atoms with Crippen LogP contribution in [0.2, 0.25) is 0 Å². The van der Waals surface area contributed by atoms with Gasteiger partial charge in [0.1, 0.15) is 5.75 Å². The van der Waals surface area contributed by atoms with Crippen molar-refractivity contribution in [2.24, 2.45) is 5.92 Å². The first kappa shape index (κ1) is 14.3. The van der Waals surface area contributed by atoms with Crippen molar-refractivity contribution in [2.45, 2.75) is 6.92 Å². The minimum absolute atomic E-state index is 0.0758. The summed E-state index contributed by atoms with van der Waals surface area (Å²) < 4.78 is 27.0. The molecule has 0 heterocycles. The smallest absolute Gasteiger partial charge is 0.315 e. The third kappa shape index (κ3) is 4.95. The molecule has 5 nitrogen and oxygen atoms in total. The Labute approximate surface area is 110 Å². The highest BCUT2D eigenvalue weighted by Gasteiger charge is 2.16. The fraction of sp³-hybridized carbons (Fsp3) is 0.300. The molecule has 0 aliphatic heterocycles. The van der Waals surface area contributed by atoms with E-state index in [9.17, 15) is 9.00 Å². The number of rotatable bonds is 5. The third-order valence-electron chi connectivity index (χ3n) is 1.96. The van der Waals surface area contributed by atoms with Crippen LogP contribution in [0.15, 0.2) is 28.7 Å². The molecule has 0 fully saturated rings. The number of nitrogens with one attached hydrogen (secondary N) is 1. The van der Waals surface area contributed by atoms with Gasteiger partial charge in [-0.05, 0) is 28.1 Å². The summed E-state index contributed by atoms with van der Waals surface area (Å²) >= 11 is 1.13. The Morgan fingerprint density at radius 2 is 2.24 bits per heavy atom. The minimum atomic E-state index is -2.12. The van der Waals surface area contributed by atoms with Gasteiger partial charge in [-0.3, -0.25) is 9.35 Å². The molecule has 2 atom stereocenters. The summed E-state index contributed by atoms with van der Waals surface area (Å²) in [4.78, 5) is 11.6. The van der Waals surface area contributed by atoms with Gasteiger partial charge in [-0.15, -0.1) is 0 Å². The third-order valence-corrected chi connectivity index (χ3v) is 3.03. The Morgan fingerprint density at radius 3 is 2.82 bits per heavy atom. The van der Waals surface area contributed by atoms with Crippen molar-refractivity contribution in [1.82, 2.24) is 4.72 Å². The van der Waals surface area contributed by atoms with Crippen LogP contribution < -0.4 is 9.46 Å². The second-order valence-corrected chi connectivity index (χ2v) is 4.99. The van der Waals surface area contributed by atoms with Crippen LogP contribution in [-0.2, 0) is 16.1 Å². The number of para-hydroxylation sites is 1. The highest BCUT2D eigenvalue weighted by molar-refractivity contribution is 9.10. The number of carbonyl (C=O) groups excluding carboxylic acids is 1. The molecule has 17 heavy (non-hydrogen) atoms. The first-order valence-electron chi connectivity index (χ1n) is 4.81. The largest absolute Gasteiger partial charge is 0.425 e. The van der Waals surface area contributed by atoms with Crippen LogP contribution >= 0.6 is 15.9 Å². The molecule has 2 unspecified atom stereocenters. The molecule has 0 bridgehead atoms. The Balaban J connectivity index is 2.54. The molecule has 2 N–H and O–H groups in total. The average Bonchev–Trinajstić information content (AvgIpc) is 2.28. The van der Waals surface area contributed by atoms with Gasteiger partial charge in [-0.25, -0.2) is 8.93 Å². The van der Waals surface area contributed by atoms with Crippen molar-refractivity contribution < 1.29 is 18.3 Å². The summed E-state index contributed by atoms with van der Waals surface area (Å²) in [5.74, 6) is -0.553. The summed E-state index contributed by atoms with van der Waals surface area (Å²) in [6.45, 7) is 1.69. The van der Waals surface area contributed by atoms with E-state index in [4.69, 9.17) is 9.29 Å². The van der Waals surface area contributed by atoms with Crippen LogP contribution in [0.4, 0.5) is 0 Å². The van der Waals surface area contributed by atoms with Gasteiger partial charge in [0.05, 0.1) is 10.4 Å². The molecule has 1 aromatic rings. The van der Waals surface area contributed by atoms with Gasteiger partial charge < -0.3 is 4.74 Å². The minimum Gasteiger partial charge on any atom is -0.425 e. The summed E-state index contributed by atoms with van der Waals surface area (Å²) in [6.07, 6.45) is 0. The predicted octanol–water partition coefficient (Wildman–Crippen LogP) is 1.72. The monoisotopic (exact) mass is 321 g/mol. The fourth-order valence-corrected chi connectivity index (χ4v) is 1.77. The number of carbonyl (C=O) groups is 1. The molecule has 0 saturated heterocycles. The molecule has 94 valence electrons. The highest BCUT2D eigenvalue weighted by atomic mass is 79.9. The molecule has 0 spiro atoms. The van der Waals surface area contributed by atoms with Crippen LogP contribution in [0.1, 0.15) is 6.92 Å². The van der Waals surface area contributed by atoms with Gasteiger partial charge in [0, 0.05) is 6.54 Å². The number of hydrogen-bond donors (Lipinski definition) is 2. The molecule has 1 rings (SSSR count). The van der Waals surface area contributed by atoms with Crippen LogP contribution in [0.5, 0.6) is 5.75 Å². The quantitative estimate of drug-likeness (QED) is 0.492. The van der Waals surface area contributed by atoms with Crippen LogP contribution in [0.25, 0.3) is 0 Å². The molecule has 0 aliphatic rings. The van der Waals surface area contributed by atoms with Crippen LogP contribution in [0, 0.1) is 5.92 Å². The lowest BCUT2D eigenvalue weighted by Crippen LogP contribution is -2.30. The number of esters is 1. The van der Waals surface area contributed by atoms with Crippen molar-refractivity contribution in [1.29, 1.82) is 0 Å². The number of hydrogen-bond acceptors (Lipinski definition) is 3. The van der Waals surface area contributed by atoms with Crippen molar-refractivity contribution in [3.8, 4) is 5.75 Å². The molecule has 0 radical (unpaired) electrons. The SMILES string of the molecule is CC(CNS(=O)O)C(=O)Oc1ccccc1Br. The Morgan fingerprint density at radius 1 is 1.59 bits per heavy atom. The molecular formula is C10H12BrNO4S. The van der Waals surface area contributed by atoms with Crippen molar-refractivity contribution in [3.05, 3.63) is 28.7 Å². The van der Waals surface area contributed by atoms with Crippen molar-refractivity contribution in [3.63, 3.8) is 0 Å². The lowest BCUT2D eigenvalue weighted by molar-refractivity contribution is -0.138. The predicted molar refractivity (Wildman–Crippen MR) is 67.7 cm³/mol. The van der Waals surface area contributed by atoms with E-state index in [0.717, 1.165) is 0 Å². The van der Waals surface area contributed by atoms with Crippen LogP contribution in [0.3, 0.4) is 0 Å². The van der Waals surface area contributed by atoms with Crippen LogP contribution in [-0.4, -0.2) is 21.3 Å². The lowest BCUT2D eigenvalue weighted by Gasteiger charge is -2.11. The average molecular weight is 322 g/mol. The van der Waals surface area contributed by atoms with Gasteiger partial charge in [0.25, 0.3) is 0 Å². The Kier molecular flexibility index (Phi) is 5.76. The van der Waals surface area contributed by atoms with E-state index in [2.05, 4.69) is 20.7 Å². The van der Waals surface area contributed by atoms with Gasteiger partial charge in [-0.2, -0.15) is 0 Å². The van der Waals surface area contributed by atoms with E-state index in [1.165, 1.54) is 0 Å². The van der Waals surface area contributed by atoms with E-state index >= 15 is 0 Å². The number of ether oxygens (including phenoxy) is 1. The van der Waals surface area contributed by atoms with E-state index in [-0.39, 0.29) is 6.54 Å². The summed E-state index contributed by atoms with van der Waals surface area (Å²) in [5, 5.41) is 0. The van der Waals surface area contributed by atoms with Gasteiger partial charge >= 0.3 is 5.97 Å². The molecule has 0 saturated carbocycles. The second kappa shape index (κ2) is 6.85. The maximum Gasteiger partial charge on any atom is 0.315 e. The van der Waals surface area contributed by atoms with Gasteiger partial charge in [0.15, 0.2) is 0 Å². The second-order valence-electron chi connectivity index (χ2n) is 3.35. The Hall–Kier alpha value is -0.760. The Bertz CT molecular complexity index is 427. The molecular weight excluding hydrogens is 310 g/mol. The fourth-order valence-electron chi connectivity index (χ4n) is 1.02. The molecule has 0 amide bonds. The zero-order valence-electron chi connectivity index (χ0n) is 9.05. The standard InChI is InChI=1S/C10H12BrNO4S/c1-7(6-12-17(14)15)10(13)16-9-5-3-2-4-8(9)11/h2-5,7,12H,6H2,1H3,(H,14,15). The first-order chi connectivity index (χ1) is 8.00. The zero-order valence-corrected chi connectivity index (χ0v) is 11.5.